The van der Waals surface area contributed by atoms with E-state index in [1.807, 2.05) is 41.4 Å². The van der Waals surface area contributed by atoms with Gasteiger partial charge in [0.25, 0.3) is 5.91 Å². The monoisotopic (exact) mass is 448 g/mol. The van der Waals surface area contributed by atoms with E-state index in [4.69, 9.17) is 4.74 Å². The van der Waals surface area contributed by atoms with Crippen LogP contribution in [0.1, 0.15) is 39.8 Å². The molecule has 0 bridgehead atoms. The number of amides is 1. The molecule has 0 saturated carbocycles. The van der Waals surface area contributed by atoms with Crippen LogP contribution >= 0.6 is 0 Å². The topological polar surface area (TPSA) is 50.6 Å². The number of carbonyl (C=O) groups excluding carboxylic acids is 1. The molecule has 3 aromatic rings. The van der Waals surface area contributed by atoms with Crippen molar-refractivity contribution in [3.05, 3.63) is 77.1 Å². The Balaban J connectivity index is 1.25. The van der Waals surface area contributed by atoms with Gasteiger partial charge >= 0.3 is 0 Å². The third-order valence-corrected chi connectivity index (χ3v) is 6.86. The van der Waals surface area contributed by atoms with Crippen LogP contribution in [-0.4, -0.2) is 53.6 Å². The minimum absolute atomic E-state index is 0.00856. The Bertz CT molecular complexity index is 1170. The van der Waals surface area contributed by atoms with E-state index in [2.05, 4.69) is 20.5 Å². The van der Waals surface area contributed by atoms with Crippen LogP contribution in [0, 0.1) is 12.7 Å². The molecule has 1 amide bonds. The number of imidazole rings is 1. The predicted octanol–water partition coefficient (Wildman–Crippen LogP) is 4.03. The number of aryl methyl sites for hydroxylation is 2. The van der Waals surface area contributed by atoms with Crippen molar-refractivity contribution in [2.24, 2.45) is 0 Å². The number of halogens is 1. The molecular formula is C26H29FN4O2. The molecule has 0 N–H and O–H groups in total. The molecule has 2 aliphatic heterocycles. The standard InChI is InChI=1S/C26H29FN4O2/c1-18-15-19(7-9-21(18)27)20-8-10-25-28-22(17-31(25)16-20)26(32)30-13-11-29(12-14-30)23-5-3-4-6-24(23)33-2/h3-7,9,15,17,20H,8,10-14,16H2,1-2H3. The lowest BCUT2D eigenvalue weighted by Crippen LogP contribution is -2.49. The number of hydrogen-bond donors (Lipinski definition) is 0. The van der Waals surface area contributed by atoms with Crippen LogP contribution < -0.4 is 9.64 Å². The maximum absolute atomic E-state index is 13.7. The molecule has 1 fully saturated rings. The van der Waals surface area contributed by atoms with Gasteiger partial charge in [-0.1, -0.05) is 24.3 Å². The Hall–Kier alpha value is -3.35. The van der Waals surface area contributed by atoms with Gasteiger partial charge in [0.2, 0.25) is 0 Å². The van der Waals surface area contributed by atoms with Crippen molar-refractivity contribution in [3.63, 3.8) is 0 Å². The normalized spacial score (nSPS) is 18.2. The summed E-state index contributed by atoms with van der Waals surface area (Å²) in [5, 5.41) is 0. The van der Waals surface area contributed by atoms with E-state index in [-0.39, 0.29) is 11.7 Å². The van der Waals surface area contributed by atoms with E-state index < -0.39 is 0 Å². The maximum Gasteiger partial charge on any atom is 0.274 e. The first-order valence-electron chi connectivity index (χ1n) is 11.5. The van der Waals surface area contributed by atoms with E-state index in [1.165, 1.54) is 0 Å². The number of rotatable bonds is 4. The SMILES string of the molecule is COc1ccccc1N1CCN(C(=O)c2cn3c(n2)CCC(c2ccc(F)c(C)c2)C3)CC1. The average molecular weight is 449 g/mol. The Kier molecular flexibility index (Phi) is 5.79. The molecule has 7 heteroatoms. The molecule has 1 aromatic heterocycles. The van der Waals surface area contributed by atoms with Crippen LogP contribution in [0.15, 0.2) is 48.7 Å². The van der Waals surface area contributed by atoms with Crippen molar-refractivity contribution in [3.8, 4) is 5.75 Å². The first-order chi connectivity index (χ1) is 16.0. The van der Waals surface area contributed by atoms with Gasteiger partial charge in [-0.2, -0.15) is 0 Å². The average Bonchev–Trinajstić information content (AvgIpc) is 3.29. The molecule has 1 saturated heterocycles. The zero-order valence-corrected chi connectivity index (χ0v) is 19.1. The van der Waals surface area contributed by atoms with Gasteiger partial charge in [0.15, 0.2) is 0 Å². The highest BCUT2D eigenvalue weighted by atomic mass is 19.1. The van der Waals surface area contributed by atoms with Gasteiger partial charge in [0.1, 0.15) is 23.1 Å². The molecule has 172 valence electrons. The number of ether oxygens (including phenoxy) is 1. The van der Waals surface area contributed by atoms with Crippen molar-refractivity contribution in [2.75, 3.05) is 38.2 Å². The minimum atomic E-state index is -0.170. The number of methoxy groups -OCH3 is 1. The number of nitrogens with zero attached hydrogens (tertiary/aromatic N) is 4. The van der Waals surface area contributed by atoms with Crippen LogP contribution in [0.4, 0.5) is 10.1 Å². The zero-order chi connectivity index (χ0) is 22.9. The third-order valence-electron chi connectivity index (χ3n) is 6.86. The highest BCUT2D eigenvalue weighted by Crippen LogP contribution is 2.31. The predicted molar refractivity (Wildman–Crippen MR) is 126 cm³/mol. The largest absolute Gasteiger partial charge is 0.495 e. The van der Waals surface area contributed by atoms with E-state index in [0.29, 0.717) is 30.3 Å². The summed E-state index contributed by atoms with van der Waals surface area (Å²) in [6, 6.07) is 13.4. The van der Waals surface area contributed by atoms with Crippen molar-refractivity contribution < 1.29 is 13.9 Å². The summed E-state index contributed by atoms with van der Waals surface area (Å²) in [5.74, 6) is 1.94. The van der Waals surface area contributed by atoms with E-state index in [0.717, 1.165) is 55.3 Å². The molecule has 1 unspecified atom stereocenters. The Morgan fingerprint density at radius 2 is 1.91 bits per heavy atom. The highest BCUT2D eigenvalue weighted by molar-refractivity contribution is 5.92. The Labute approximate surface area is 193 Å². The number of fused-ring (bicyclic) bond motifs is 1. The number of aromatic nitrogens is 2. The van der Waals surface area contributed by atoms with Crippen LogP contribution in [0.5, 0.6) is 5.75 Å². The smallest absolute Gasteiger partial charge is 0.274 e. The molecule has 1 atom stereocenters. The molecule has 2 aromatic carbocycles. The second-order valence-electron chi connectivity index (χ2n) is 8.89. The fourth-order valence-electron chi connectivity index (χ4n) is 4.94. The minimum Gasteiger partial charge on any atom is -0.495 e. The summed E-state index contributed by atoms with van der Waals surface area (Å²) in [6.45, 7) is 5.38. The van der Waals surface area contributed by atoms with E-state index >= 15 is 0 Å². The van der Waals surface area contributed by atoms with Gasteiger partial charge in [-0.15, -0.1) is 0 Å². The number of hydrogen-bond acceptors (Lipinski definition) is 4. The van der Waals surface area contributed by atoms with E-state index in [1.54, 1.807) is 20.1 Å². The van der Waals surface area contributed by atoms with E-state index in [9.17, 15) is 9.18 Å². The van der Waals surface area contributed by atoms with Gasteiger partial charge in [-0.05, 0) is 42.7 Å². The van der Waals surface area contributed by atoms with Gasteiger partial charge in [0, 0.05) is 51.3 Å². The second kappa shape index (κ2) is 8.89. The number of anilines is 1. The first kappa shape index (κ1) is 21.5. The molecule has 0 aliphatic carbocycles. The summed E-state index contributed by atoms with van der Waals surface area (Å²) < 4.78 is 21.3. The summed E-state index contributed by atoms with van der Waals surface area (Å²) in [5.41, 5.74) is 3.40. The molecule has 2 aliphatic rings. The van der Waals surface area contributed by atoms with Crippen molar-refractivity contribution in [2.45, 2.75) is 32.2 Å². The van der Waals surface area contributed by atoms with Gasteiger partial charge in [-0.25, -0.2) is 9.37 Å². The summed E-state index contributed by atoms with van der Waals surface area (Å²) in [4.78, 5) is 22.0. The molecule has 33 heavy (non-hydrogen) atoms. The number of para-hydroxylation sites is 2. The number of benzene rings is 2. The van der Waals surface area contributed by atoms with Gasteiger partial charge in [-0.3, -0.25) is 4.79 Å². The van der Waals surface area contributed by atoms with Crippen LogP contribution in [-0.2, 0) is 13.0 Å². The molecule has 0 radical (unpaired) electrons. The molecule has 3 heterocycles. The Morgan fingerprint density at radius 1 is 1.12 bits per heavy atom. The van der Waals surface area contributed by atoms with Crippen LogP contribution in [0.3, 0.4) is 0 Å². The zero-order valence-electron chi connectivity index (χ0n) is 19.1. The van der Waals surface area contributed by atoms with Crippen molar-refractivity contribution >= 4 is 11.6 Å². The number of piperazine rings is 1. The third kappa shape index (κ3) is 4.19. The van der Waals surface area contributed by atoms with Crippen LogP contribution in [0.25, 0.3) is 0 Å². The fourth-order valence-corrected chi connectivity index (χ4v) is 4.94. The quantitative estimate of drug-likeness (QED) is 0.605. The first-order valence-corrected chi connectivity index (χ1v) is 11.5. The van der Waals surface area contributed by atoms with Gasteiger partial charge in [0.05, 0.1) is 12.8 Å². The van der Waals surface area contributed by atoms with Crippen molar-refractivity contribution in [1.29, 1.82) is 0 Å². The van der Waals surface area contributed by atoms with Gasteiger partial charge < -0.3 is 19.1 Å². The molecule has 0 spiro atoms. The lowest BCUT2D eigenvalue weighted by molar-refractivity contribution is 0.0741. The van der Waals surface area contributed by atoms with Crippen LogP contribution in [0.2, 0.25) is 0 Å². The summed E-state index contributed by atoms with van der Waals surface area (Å²) in [7, 11) is 1.68. The Morgan fingerprint density at radius 3 is 2.67 bits per heavy atom. The lowest BCUT2D eigenvalue weighted by atomic mass is 9.90. The summed E-state index contributed by atoms with van der Waals surface area (Å²) >= 11 is 0. The molecule has 5 rings (SSSR count). The summed E-state index contributed by atoms with van der Waals surface area (Å²) in [6.07, 6.45) is 3.66. The molecule has 6 nitrogen and oxygen atoms in total. The molecular weight excluding hydrogens is 419 g/mol. The van der Waals surface area contributed by atoms with Crippen molar-refractivity contribution in [1.82, 2.24) is 14.5 Å². The number of carbonyl (C=O) groups is 1. The second-order valence-corrected chi connectivity index (χ2v) is 8.89. The maximum atomic E-state index is 13.7. The highest BCUT2D eigenvalue weighted by Gasteiger charge is 2.28. The fraction of sp³-hybridized carbons (Fsp3) is 0.385. The lowest BCUT2D eigenvalue weighted by Gasteiger charge is -2.36.